The second-order valence-electron chi connectivity index (χ2n) is 7.03. The molecule has 29 heavy (non-hydrogen) atoms. The van der Waals surface area contributed by atoms with E-state index >= 15 is 0 Å². The number of carbonyl (C=O) groups excluding carboxylic acids is 1. The molecule has 4 rings (SSSR count). The predicted molar refractivity (Wildman–Crippen MR) is 118 cm³/mol. The van der Waals surface area contributed by atoms with Gasteiger partial charge in [0.2, 0.25) is 0 Å². The second kappa shape index (κ2) is 8.14. The van der Waals surface area contributed by atoms with Crippen LogP contribution in [0.4, 0.5) is 22.0 Å². The van der Waals surface area contributed by atoms with E-state index in [0.29, 0.717) is 43.6 Å². The molecule has 0 unspecified atom stereocenters. The number of benzene rings is 2. The quantitative estimate of drug-likeness (QED) is 0.615. The van der Waals surface area contributed by atoms with E-state index in [4.69, 9.17) is 23.1 Å². The molecule has 1 aromatic heterocycles. The number of piperazine rings is 1. The number of pyridine rings is 1. The van der Waals surface area contributed by atoms with Crippen molar-refractivity contribution in [2.45, 2.75) is 6.54 Å². The molecule has 0 atom stereocenters. The summed E-state index contributed by atoms with van der Waals surface area (Å²) in [5.74, 6) is 0.455. The number of hydrogen-bond donors (Lipinski definition) is 3. The van der Waals surface area contributed by atoms with Crippen molar-refractivity contribution < 1.29 is 4.79 Å². The van der Waals surface area contributed by atoms with Crippen LogP contribution in [0, 0.1) is 0 Å². The highest BCUT2D eigenvalue weighted by Gasteiger charge is 2.23. The molecule has 1 saturated heterocycles. The average molecular weight is 411 g/mol. The zero-order valence-electron chi connectivity index (χ0n) is 15.9. The van der Waals surface area contributed by atoms with E-state index in [1.54, 1.807) is 0 Å². The molecule has 0 bridgehead atoms. The van der Waals surface area contributed by atoms with Crippen LogP contribution in [0.25, 0.3) is 10.9 Å². The molecule has 3 aromatic rings. The monoisotopic (exact) mass is 410 g/mol. The summed E-state index contributed by atoms with van der Waals surface area (Å²) in [5.41, 5.74) is 15.2. The Hall–Kier alpha value is -3.03. The van der Waals surface area contributed by atoms with Crippen molar-refractivity contribution in [1.82, 2.24) is 9.88 Å². The highest BCUT2D eigenvalue weighted by atomic mass is 35.5. The summed E-state index contributed by atoms with van der Waals surface area (Å²) in [4.78, 5) is 21.0. The zero-order chi connectivity index (χ0) is 20.4. The Morgan fingerprint density at radius 2 is 1.79 bits per heavy atom. The summed E-state index contributed by atoms with van der Waals surface area (Å²) >= 11 is 6.09. The number of fused-ring (bicyclic) bond motifs is 1. The molecule has 8 heteroatoms. The van der Waals surface area contributed by atoms with Gasteiger partial charge in [-0.25, -0.2) is 9.78 Å². The molecule has 150 valence electrons. The molecular formula is C21H23ClN6O. The van der Waals surface area contributed by atoms with Crippen LogP contribution in [0.2, 0.25) is 5.02 Å². The molecule has 0 saturated carbocycles. The van der Waals surface area contributed by atoms with Crippen molar-refractivity contribution >= 4 is 45.7 Å². The smallest absolute Gasteiger partial charge is 0.321 e. The van der Waals surface area contributed by atoms with Crippen molar-refractivity contribution in [2.24, 2.45) is 5.73 Å². The first-order valence-corrected chi connectivity index (χ1v) is 9.87. The normalized spacial score (nSPS) is 14.3. The minimum absolute atomic E-state index is 0.101. The molecule has 1 fully saturated rings. The summed E-state index contributed by atoms with van der Waals surface area (Å²) in [6, 6.07) is 15.0. The standard InChI is InChI=1S/C21H23ClN6O/c22-15-3-6-17-18(11-15)26-20(24)12-19(17)27-7-9-28(10-8-27)21(29)25-16-4-1-14(13-23)2-5-16/h1-6,11-12H,7-10,13,23H2,(H2,24,26)(H,25,29). The second-order valence-corrected chi connectivity index (χ2v) is 7.47. The molecule has 2 heterocycles. The zero-order valence-corrected chi connectivity index (χ0v) is 16.7. The number of nitrogens with two attached hydrogens (primary N) is 2. The first-order chi connectivity index (χ1) is 14.0. The molecule has 5 N–H and O–H groups in total. The number of nitrogen functional groups attached to an aromatic ring is 1. The van der Waals surface area contributed by atoms with Crippen LogP contribution in [0.3, 0.4) is 0 Å². The maximum absolute atomic E-state index is 12.6. The van der Waals surface area contributed by atoms with Gasteiger partial charge in [0, 0.05) is 60.6 Å². The lowest BCUT2D eigenvalue weighted by molar-refractivity contribution is 0.208. The minimum atomic E-state index is -0.101. The van der Waals surface area contributed by atoms with Gasteiger partial charge in [0.05, 0.1) is 5.52 Å². The molecule has 1 aliphatic heterocycles. The van der Waals surface area contributed by atoms with E-state index in [2.05, 4.69) is 15.2 Å². The van der Waals surface area contributed by atoms with Crippen molar-refractivity contribution in [3.8, 4) is 0 Å². The van der Waals surface area contributed by atoms with Gasteiger partial charge < -0.3 is 26.6 Å². The highest BCUT2D eigenvalue weighted by molar-refractivity contribution is 6.31. The SMILES string of the molecule is NCc1ccc(NC(=O)N2CCN(c3cc(N)nc4cc(Cl)ccc34)CC2)cc1. The highest BCUT2D eigenvalue weighted by Crippen LogP contribution is 2.30. The van der Waals surface area contributed by atoms with Crippen molar-refractivity contribution in [2.75, 3.05) is 42.1 Å². The topological polar surface area (TPSA) is 101 Å². The van der Waals surface area contributed by atoms with Crippen molar-refractivity contribution in [3.05, 3.63) is 59.1 Å². The number of urea groups is 1. The lowest BCUT2D eigenvalue weighted by Crippen LogP contribution is -2.50. The van der Waals surface area contributed by atoms with Crippen LogP contribution < -0.4 is 21.7 Å². The molecule has 0 aliphatic carbocycles. The largest absolute Gasteiger partial charge is 0.384 e. The van der Waals surface area contributed by atoms with E-state index in [0.717, 1.165) is 27.8 Å². The Labute approximate surface area is 174 Å². The lowest BCUT2D eigenvalue weighted by Gasteiger charge is -2.36. The molecule has 2 amide bonds. The third-order valence-electron chi connectivity index (χ3n) is 5.12. The van der Waals surface area contributed by atoms with E-state index < -0.39 is 0 Å². The van der Waals surface area contributed by atoms with E-state index in [1.807, 2.05) is 53.4 Å². The van der Waals surface area contributed by atoms with Crippen LogP contribution in [0.5, 0.6) is 0 Å². The number of halogens is 1. The maximum Gasteiger partial charge on any atom is 0.321 e. The fraction of sp³-hybridized carbons (Fsp3) is 0.238. The summed E-state index contributed by atoms with van der Waals surface area (Å²) in [7, 11) is 0. The Morgan fingerprint density at radius 3 is 2.48 bits per heavy atom. The van der Waals surface area contributed by atoms with E-state index in [-0.39, 0.29) is 6.03 Å². The van der Waals surface area contributed by atoms with E-state index in [9.17, 15) is 4.79 Å². The average Bonchev–Trinajstić information content (AvgIpc) is 2.73. The predicted octanol–water partition coefficient (Wildman–Crippen LogP) is 3.28. The molecule has 2 aromatic carbocycles. The van der Waals surface area contributed by atoms with Gasteiger partial charge in [-0.15, -0.1) is 0 Å². The first kappa shape index (κ1) is 19.3. The van der Waals surface area contributed by atoms with Gasteiger partial charge in [0.25, 0.3) is 0 Å². The Morgan fingerprint density at radius 1 is 1.07 bits per heavy atom. The fourth-order valence-electron chi connectivity index (χ4n) is 3.54. The van der Waals surface area contributed by atoms with Gasteiger partial charge in [0.1, 0.15) is 5.82 Å². The lowest BCUT2D eigenvalue weighted by atomic mass is 10.1. The fourth-order valence-corrected chi connectivity index (χ4v) is 3.71. The van der Waals surface area contributed by atoms with Gasteiger partial charge in [-0.1, -0.05) is 23.7 Å². The van der Waals surface area contributed by atoms with Crippen LogP contribution in [-0.4, -0.2) is 42.1 Å². The summed E-state index contributed by atoms with van der Waals surface area (Å²) in [6.07, 6.45) is 0. The van der Waals surface area contributed by atoms with Crippen LogP contribution in [-0.2, 0) is 6.54 Å². The third kappa shape index (κ3) is 4.21. The molecular weight excluding hydrogens is 388 g/mol. The molecule has 1 aliphatic rings. The molecule has 0 radical (unpaired) electrons. The molecule has 0 spiro atoms. The minimum Gasteiger partial charge on any atom is -0.384 e. The number of nitrogens with zero attached hydrogens (tertiary/aromatic N) is 3. The Balaban J connectivity index is 1.44. The molecule has 7 nitrogen and oxygen atoms in total. The number of amides is 2. The van der Waals surface area contributed by atoms with Gasteiger partial charge in [0.15, 0.2) is 0 Å². The number of carbonyl (C=O) groups is 1. The van der Waals surface area contributed by atoms with Crippen molar-refractivity contribution in [1.29, 1.82) is 0 Å². The van der Waals surface area contributed by atoms with Crippen molar-refractivity contribution in [3.63, 3.8) is 0 Å². The number of hydrogen-bond acceptors (Lipinski definition) is 5. The van der Waals surface area contributed by atoms with E-state index in [1.165, 1.54) is 0 Å². The summed E-state index contributed by atoms with van der Waals surface area (Å²) in [5, 5.41) is 4.57. The third-order valence-corrected chi connectivity index (χ3v) is 5.35. The van der Waals surface area contributed by atoms with Crippen LogP contribution >= 0.6 is 11.6 Å². The number of aromatic nitrogens is 1. The first-order valence-electron chi connectivity index (χ1n) is 9.49. The van der Waals surface area contributed by atoms with Gasteiger partial charge in [-0.2, -0.15) is 0 Å². The summed E-state index contributed by atoms with van der Waals surface area (Å²) < 4.78 is 0. The maximum atomic E-state index is 12.6. The summed E-state index contributed by atoms with van der Waals surface area (Å²) in [6.45, 7) is 3.13. The Bertz CT molecular complexity index is 1030. The van der Waals surface area contributed by atoms with Gasteiger partial charge in [-0.05, 0) is 35.9 Å². The number of rotatable bonds is 3. The van der Waals surface area contributed by atoms with Crippen LogP contribution in [0.1, 0.15) is 5.56 Å². The number of anilines is 3. The van der Waals surface area contributed by atoms with Gasteiger partial charge >= 0.3 is 6.03 Å². The van der Waals surface area contributed by atoms with Gasteiger partial charge in [-0.3, -0.25) is 0 Å². The number of nitrogens with one attached hydrogen (secondary N) is 1. The Kier molecular flexibility index (Phi) is 5.42. The van der Waals surface area contributed by atoms with Crippen LogP contribution in [0.15, 0.2) is 48.5 Å².